The third-order valence-corrected chi connectivity index (χ3v) is 3.64. The van der Waals surface area contributed by atoms with Crippen molar-refractivity contribution in [3.8, 4) is 0 Å². The van der Waals surface area contributed by atoms with E-state index in [2.05, 4.69) is 12.2 Å². The highest BCUT2D eigenvalue weighted by atomic mass is 19.2. The summed E-state index contributed by atoms with van der Waals surface area (Å²) >= 11 is 0. The van der Waals surface area contributed by atoms with Crippen LogP contribution in [-0.2, 0) is 0 Å². The van der Waals surface area contributed by atoms with E-state index in [9.17, 15) is 13.6 Å². The number of nitrogens with one attached hydrogen (secondary N) is 1. The fraction of sp³-hybridized carbons (Fsp3) is 0.533. The van der Waals surface area contributed by atoms with Crippen molar-refractivity contribution in [2.24, 2.45) is 0 Å². The number of anilines is 1. The number of carbonyl (C=O) groups is 1. The Kier molecular flexibility index (Phi) is 5.36. The lowest BCUT2D eigenvalue weighted by molar-refractivity contribution is 0.194. The van der Waals surface area contributed by atoms with Crippen molar-refractivity contribution in [1.29, 1.82) is 0 Å². The molecule has 6 heteroatoms. The van der Waals surface area contributed by atoms with Crippen molar-refractivity contribution in [2.75, 3.05) is 37.6 Å². The fourth-order valence-corrected chi connectivity index (χ4v) is 2.33. The molecule has 116 valence electrons. The zero-order valence-corrected chi connectivity index (χ0v) is 12.2. The Hall–Kier alpha value is -1.85. The van der Waals surface area contributed by atoms with Crippen LogP contribution in [0.3, 0.4) is 0 Å². The maximum Gasteiger partial charge on any atom is 0.317 e. The minimum atomic E-state index is -0.841. The molecule has 1 aliphatic rings. The van der Waals surface area contributed by atoms with Crippen LogP contribution in [0.25, 0.3) is 0 Å². The maximum atomic E-state index is 13.2. The summed E-state index contributed by atoms with van der Waals surface area (Å²) < 4.78 is 26.2. The first-order valence-electron chi connectivity index (χ1n) is 7.34. The summed E-state index contributed by atoms with van der Waals surface area (Å²) in [4.78, 5) is 15.6. The van der Waals surface area contributed by atoms with E-state index < -0.39 is 11.6 Å². The second kappa shape index (κ2) is 7.24. The molecule has 1 heterocycles. The molecule has 1 N–H and O–H groups in total. The van der Waals surface area contributed by atoms with Crippen molar-refractivity contribution in [2.45, 2.75) is 19.8 Å². The first-order valence-corrected chi connectivity index (χ1v) is 7.34. The first kappa shape index (κ1) is 15.5. The molecule has 1 aliphatic heterocycles. The van der Waals surface area contributed by atoms with E-state index in [-0.39, 0.29) is 6.03 Å². The minimum absolute atomic E-state index is 0.0478. The molecule has 0 saturated carbocycles. The van der Waals surface area contributed by atoms with Gasteiger partial charge >= 0.3 is 6.03 Å². The number of nitrogens with zero attached hydrogens (tertiary/aromatic N) is 2. The molecular formula is C15H21F2N3O. The zero-order valence-electron chi connectivity index (χ0n) is 12.2. The van der Waals surface area contributed by atoms with Gasteiger partial charge in [-0.2, -0.15) is 0 Å². The van der Waals surface area contributed by atoms with Crippen LogP contribution in [0.2, 0.25) is 0 Å². The Labute approximate surface area is 123 Å². The van der Waals surface area contributed by atoms with Crippen LogP contribution >= 0.6 is 0 Å². The van der Waals surface area contributed by atoms with E-state index in [1.807, 2.05) is 4.90 Å². The smallest absolute Gasteiger partial charge is 0.317 e. The second-order valence-corrected chi connectivity index (χ2v) is 5.16. The van der Waals surface area contributed by atoms with Gasteiger partial charge in [-0.05, 0) is 18.6 Å². The maximum absolute atomic E-state index is 13.2. The predicted molar refractivity (Wildman–Crippen MR) is 78.5 cm³/mol. The van der Waals surface area contributed by atoms with Crippen molar-refractivity contribution in [3.05, 3.63) is 29.8 Å². The van der Waals surface area contributed by atoms with Gasteiger partial charge in [-0.3, -0.25) is 0 Å². The van der Waals surface area contributed by atoms with Crippen LogP contribution in [0.4, 0.5) is 19.3 Å². The number of carbonyl (C=O) groups excluding carboxylic acids is 1. The van der Waals surface area contributed by atoms with E-state index in [0.29, 0.717) is 38.4 Å². The van der Waals surface area contributed by atoms with Crippen LogP contribution in [0.15, 0.2) is 18.2 Å². The summed E-state index contributed by atoms with van der Waals surface area (Å²) in [5, 5.41) is 2.88. The number of halogens is 2. The average Bonchev–Trinajstić information content (AvgIpc) is 2.50. The molecule has 0 radical (unpaired) electrons. The van der Waals surface area contributed by atoms with Crippen molar-refractivity contribution in [3.63, 3.8) is 0 Å². The van der Waals surface area contributed by atoms with Crippen LogP contribution in [0.5, 0.6) is 0 Å². The molecule has 2 rings (SSSR count). The van der Waals surface area contributed by atoms with E-state index in [4.69, 9.17) is 0 Å². The first-order chi connectivity index (χ1) is 10.1. The number of urea groups is 1. The third kappa shape index (κ3) is 4.06. The van der Waals surface area contributed by atoms with Gasteiger partial charge in [0.2, 0.25) is 0 Å². The summed E-state index contributed by atoms with van der Waals surface area (Å²) in [5.41, 5.74) is 0.653. The molecule has 0 bridgehead atoms. The van der Waals surface area contributed by atoms with Gasteiger partial charge in [-0.15, -0.1) is 0 Å². The number of unbranched alkanes of at least 4 members (excludes halogenated alkanes) is 1. The fourth-order valence-electron chi connectivity index (χ4n) is 2.33. The number of hydrogen-bond acceptors (Lipinski definition) is 2. The molecule has 1 aromatic carbocycles. The van der Waals surface area contributed by atoms with Crippen molar-refractivity contribution >= 4 is 11.7 Å². The SMILES string of the molecule is CCCCNC(=O)N1CCN(c2ccc(F)c(F)c2)CC1. The lowest BCUT2D eigenvalue weighted by atomic mass is 10.2. The molecule has 0 spiro atoms. The molecule has 0 atom stereocenters. The summed E-state index contributed by atoms with van der Waals surface area (Å²) in [6.45, 7) is 5.16. The van der Waals surface area contributed by atoms with Crippen molar-refractivity contribution < 1.29 is 13.6 Å². The lowest BCUT2D eigenvalue weighted by Crippen LogP contribution is -2.52. The molecule has 0 aromatic heterocycles. The van der Waals surface area contributed by atoms with Gasteiger partial charge < -0.3 is 15.1 Å². The van der Waals surface area contributed by atoms with Gasteiger partial charge in [0.1, 0.15) is 0 Å². The van der Waals surface area contributed by atoms with Gasteiger partial charge in [0.05, 0.1) is 0 Å². The number of hydrogen-bond donors (Lipinski definition) is 1. The summed E-state index contributed by atoms with van der Waals surface area (Å²) in [6.07, 6.45) is 2.02. The molecule has 1 fully saturated rings. The minimum Gasteiger partial charge on any atom is -0.368 e. The largest absolute Gasteiger partial charge is 0.368 e. The highest BCUT2D eigenvalue weighted by Crippen LogP contribution is 2.19. The summed E-state index contributed by atoms with van der Waals surface area (Å²) in [5.74, 6) is -1.68. The average molecular weight is 297 g/mol. The lowest BCUT2D eigenvalue weighted by Gasteiger charge is -2.36. The van der Waals surface area contributed by atoms with Gasteiger partial charge in [-0.25, -0.2) is 13.6 Å². The predicted octanol–water partition coefficient (Wildman–Crippen LogP) is 2.60. The molecule has 4 nitrogen and oxygen atoms in total. The number of amides is 2. The standard InChI is InChI=1S/C15H21F2N3O/c1-2-3-6-18-15(21)20-9-7-19(8-10-20)12-4-5-13(16)14(17)11-12/h4-5,11H,2-3,6-10H2,1H3,(H,18,21). The highest BCUT2D eigenvalue weighted by molar-refractivity contribution is 5.74. The number of rotatable bonds is 4. The highest BCUT2D eigenvalue weighted by Gasteiger charge is 2.21. The van der Waals surface area contributed by atoms with Crippen LogP contribution in [-0.4, -0.2) is 43.7 Å². The summed E-state index contributed by atoms with van der Waals surface area (Å²) in [7, 11) is 0. The Balaban J connectivity index is 1.85. The summed E-state index contributed by atoms with van der Waals surface area (Å²) in [6, 6.07) is 3.85. The van der Waals surface area contributed by atoms with Gasteiger partial charge in [-0.1, -0.05) is 13.3 Å². The second-order valence-electron chi connectivity index (χ2n) is 5.16. The van der Waals surface area contributed by atoms with E-state index in [0.717, 1.165) is 18.9 Å². The van der Waals surface area contributed by atoms with Crippen LogP contribution in [0, 0.1) is 11.6 Å². The Morgan fingerprint density at radius 3 is 2.52 bits per heavy atom. The van der Waals surface area contributed by atoms with E-state index >= 15 is 0 Å². The quantitative estimate of drug-likeness (QED) is 0.867. The normalized spacial score (nSPS) is 15.2. The van der Waals surface area contributed by atoms with Gasteiger partial charge in [0.15, 0.2) is 11.6 Å². The van der Waals surface area contributed by atoms with E-state index in [1.165, 1.54) is 6.07 Å². The van der Waals surface area contributed by atoms with E-state index in [1.54, 1.807) is 11.0 Å². The number of benzene rings is 1. The number of piperazine rings is 1. The Morgan fingerprint density at radius 2 is 1.90 bits per heavy atom. The molecule has 1 aromatic rings. The topological polar surface area (TPSA) is 35.6 Å². The molecular weight excluding hydrogens is 276 g/mol. The molecule has 0 aliphatic carbocycles. The monoisotopic (exact) mass is 297 g/mol. The zero-order chi connectivity index (χ0) is 15.2. The third-order valence-electron chi connectivity index (χ3n) is 3.64. The van der Waals surface area contributed by atoms with Gasteiger partial charge in [0, 0.05) is 44.5 Å². The molecule has 1 saturated heterocycles. The Bertz CT molecular complexity index is 488. The van der Waals surface area contributed by atoms with Crippen molar-refractivity contribution in [1.82, 2.24) is 10.2 Å². The molecule has 0 unspecified atom stereocenters. The Morgan fingerprint density at radius 1 is 1.19 bits per heavy atom. The van der Waals surface area contributed by atoms with Crippen LogP contribution in [0.1, 0.15) is 19.8 Å². The molecule has 2 amide bonds. The molecule has 21 heavy (non-hydrogen) atoms. The van der Waals surface area contributed by atoms with Gasteiger partial charge in [0.25, 0.3) is 0 Å². The van der Waals surface area contributed by atoms with Crippen LogP contribution < -0.4 is 10.2 Å².